The fraction of sp³-hybridized carbons (Fsp3) is 0.167. The van der Waals surface area contributed by atoms with Crippen molar-refractivity contribution in [3.05, 3.63) is 77.5 Å². The molecule has 0 saturated carbocycles. The molecule has 4 rings (SSSR count). The largest absolute Gasteiger partial charge is 0.322 e. The first-order valence-corrected chi connectivity index (χ1v) is 10.0. The van der Waals surface area contributed by atoms with Gasteiger partial charge < -0.3 is 5.32 Å². The standard InChI is InChI=1S/C24H23N5O3/c1-15-21-19(14-20(16-8-6-5-7-9-16)26-22(21)28(2)27-15)23(30)25-18-12-10-17(11-13-18)24(31)29(3)32-4/h5-14H,1-4H3,(H,25,30). The highest BCUT2D eigenvalue weighted by molar-refractivity contribution is 6.13. The predicted octanol–water partition coefficient (Wildman–Crippen LogP) is 3.83. The third-order valence-electron chi connectivity index (χ3n) is 5.23. The minimum Gasteiger partial charge on any atom is -0.322 e. The van der Waals surface area contributed by atoms with Gasteiger partial charge in [0.15, 0.2) is 5.65 Å². The van der Waals surface area contributed by atoms with Crippen LogP contribution in [0.2, 0.25) is 0 Å². The van der Waals surface area contributed by atoms with Crippen molar-refractivity contribution in [1.29, 1.82) is 0 Å². The molecule has 0 unspecified atom stereocenters. The summed E-state index contributed by atoms with van der Waals surface area (Å²) in [5, 5.41) is 9.21. The Labute approximate surface area is 185 Å². The van der Waals surface area contributed by atoms with Gasteiger partial charge in [0.25, 0.3) is 11.8 Å². The summed E-state index contributed by atoms with van der Waals surface area (Å²) in [6, 6.07) is 18.1. The normalized spacial score (nSPS) is 10.9. The molecule has 0 fully saturated rings. The van der Waals surface area contributed by atoms with Gasteiger partial charge in [-0.15, -0.1) is 0 Å². The van der Waals surface area contributed by atoms with Crippen LogP contribution in [-0.2, 0) is 11.9 Å². The Morgan fingerprint density at radius 2 is 1.75 bits per heavy atom. The lowest BCUT2D eigenvalue weighted by atomic mass is 10.0. The van der Waals surface area contributed by atoms with E-state index in [4.69, 9.17) is 9.82 Å². The molecule has 0 aliphatic heterocycles. The van der Waals surface area contributed by atoms with E-state index < -0.39 is 0 Å². The third kappa shape index (κ3) is 3.95. The Morgan fingerprint density at radius 1 is 1.06 bits per heavy atom. The molecule has 2 heterocycles. The van der Waals surface area contributed by atoms with Gasteiger partial charge in [0.2, 0.25) is 0 Å². The van der Waals surface area contributed by atoms with Gasteiger partial charge in [-0.05, 0) is 37.3 Å². The number of hydrogen-bond acceptors (Lipinski definition) is 5. The second kappa shape index (κ2) is 8.60. The summed E-state index contributed by atoms with van der Waals surface area (Å²) in [5.41, 5.74) is 4.47. The van der Waals surface area contributed by atoms with Crippen LogP contribution in [0.5, 0.6) is 0 Å². The summed E-state index contributed by atoms with van der Waals surface area (Å²) in [4.78, 5) is 35.1. The molecule has 1 N–H and O–H groups in total. The molecule has 0 spiro atoms. The summed E-state index contributed by atoms with van der Waals surface area (Å²) in [6.07, 6.45) is 0. The third-order valence-corrected chi connectivity index (χ3v) is 5.23. The zero-order valence-electron chi connectivity index (χ0n) is 18.3. The molecule has 8 heteroatoms. The van der Waals surface area contributed by atoms with Crippen LogP contribution >= 0.6 is 0 Å². The number of hydrogen-bond donors (Lipinski definition) is 1. The Morgan fingerprint density at radius 3 is 2.41 bits per heavy atom. The van der Waals surface area contributed by atoms with Crippen LogP contribution < -0.4 is 5.32 Å². The first-order chi connectivity index (χ1) is 15.4. The summed E-state index contributed by atoms with van der Waals surface area (Å²) < 4.78 is 1.68. The van der Waals surface area contributed by atoms with Crippen molar-refractivity contribution in [3.8, 4) is 11.3 Å². The highest BCUT2D eigenvalue weighted by Crippen LogP contribution is 2.27. The maximum atomic E-state index is 13.3. The zero-order chi connectivity index (χ0) is 22.8. The first kappa shape index (κ1) is 21.2. The molecule has 0 atom stereocenters. The zero-order valence-corrected chi connectivity index (χ0v) is 18.3. The fourth-order valence-electron chi connectivity index (χ4n) is 3.54. The van der Waals surface area contributed by atoms with Gasteiger partial charge in [-0.1, -0.05) is 30.3 Å². The van der Waals surface area contributed by atoms with Gasteiger partial charge in [0.1, 0.15) is 0 Å². The maximum Gasteiger partial charge on any atom is 0.277 e. The molecule has 8 nitrogen and oxygen atoms in total. The van der Waals surface area contributed by atoms with Crippen LogP contribution in [0.25, 0.3) is 22.3 Å². The molecule has 0 aliphatic carbocycles. The van der Waals surface area contributed by atoms with Crippen LogP contribution in [0.4, 0.5) is 5.69 Å². The second-order valence-electron chi connectivity index (χ2n) is 7.35. The molecule has 0 radical (unpaired) electrons. The van der Waals surface area contributed by atoms with Crippen molar-refractivity contribution in [2.24, 2.45) is 7.05 Å². The SMILES string of the molecule is CON(C)C(=O)c1ccc(NC(=O)c2cc(-c3ccccc3)nc3c2c(C)nn3C)cc1. The summed E-state index contributed by atoms with van der Waals surface area (Å²) in [7, 11) is 4.77. The highest BCUT2D eigenvalue weighted by Gasteiger charge is 2.20. The number of aromatic nitrogens is 3. The number of hydroxylamine groups is 2. The molecule has 4 aromatic rings. The number of carbonyl (C=O) groups is 2. The van der Waals surface area contributed by atoms with E-state index in [-0.39, 0.29) is 11.8 Å². The van der Waals surface area contributed by atoms with Crippen molar-refractivity contribution in [3.63, 3.8) is 0 Å². The quantitative estimate of drug-likeness (QED) is 0.487. The van der Waals surface area contributed by atoms with Crippen LogP contribution in [0.1, 0.15) is 26.4 Å². The number of amides is 2. The van der Waals surface area contributed by atoms with Crippen molar-refractivity contribution in [1.82, 2.24) is 19.8 Å². The van der Waals surface area contributed by atoms with E-state index >= 15 is 0 Å². The lowest BCUT2D eigenvalue weighted by Gasteiger charge is -2.14. The van der Waals surface area contributed by atoms with Crippen molar-refractivity contribution in [2.45, 2.75) is 6.92 Å². The number of rotatable bonds is 5. The Balaban J connectivity index is 1.70. The molecule has 2 aromatic carbocycles. The number of aryl methyl sites for hydroxylation is 2. The highest BCUT2D eigenvalue weighted by atomic mass is 16.7. The van der Waals surface area contributed by atoms with E-state index in [1.54, 1.807) is 35.0 Å². The number of nitrogens with zero attached hydrogens (tertiary/aromatic N) is 4. The number of carbonyl (C=O) groups excluding carboxylic acids is 2. The van der Waals surface area contributed by atoms with Crippen LogP contribution in [-0.4, -0.2) is 45.8 Å². The van der Waals surface area contributed by atoms with Crippen LogP contribution in [0, 0.1) is 6.92 Å². The number of fused-ring (bicyclic) bond motifs is 1. The molecular formula is C24H23N5O3. The summed E-state index contributed by atoms with van der Waals surface area (Å²) >= 11 is 0. The molecule has 0 bridgehead atoms. The maximum absolute atomic E-state index is 13.3. The minimum absolute atomic E-state index is 0.278. The van der Waals surface area contributed by atoms with Crippen molar-refractivity contribution in [2.75, 3.05) is 19.5 Å². The molecule has 32 heavy (non-hydrogen) atoms. The molecule has 0 aliphatic rings. The van der Waals surface area contributed by atoms with Crippen LogP contribution in [0.3, 0.4) is 0 Å². The van der Waals surface area contributed by atoms with E-state index in [0.29, 0.717) is 33.5 Å². The molecule has 0 saturated heterocycles. The van der Waals surface area contributed by atoms with Gasteiger partial charge in [-0.3, -0.25) is 19.1 Å². The van der Waals surface area contributed by atoms with E-state index in [1.807, 2.05) is 44.3 Å². The Bertz CT molecular complexity index is 1300. The molecular weight excluding hydrogens is 406 g/mol. The van der Waals surface area contributed by atoms with Crippen LogP contribution in [0.15, 0.2) is 60.7 Å². The van der Waals surface area contributed by atoms with Gasteiger partial charge in [0.05, 0.1) is 29.4 Å². The van der Waals surface area contributed by atoms with Gasteiger partial charge >= 0.3 is 0 Å². The smallest absolute Gasteiger partial charge is 0.277 e. The van der Waals surface area contributed by atoms with Crippen molar-refractivity contribution >= 4 is 28.5 Å². The van der Waals surface area contributed by atoms with E-state index in [0.717, 1.165) is 16.3 Å². The topological polar surface area (TPSA) is 89.3 Å². The predicted molar refractivity (Wildman–Crippen MR) is 122 cm³/mol. The number of nitrogens with one attached hydrogen (secondary N) is 1. The minimum atomic E-state index is -0.279. The number of anilines is 1. The van der Waals surface area contributed by atoms with Gasteiger partial charge in [-0.2, -0.15) is 5.10 Å². The average Bonchev–Trinajstić information content (AvgIpc) is 3.11. The Hall–Kier alpha value is -4.04. The van der Waals surface area contributed by atoms with Gasteiger partial charge in [-0.25, -0.2) is 10.0 Å². The van der Waals surface area contributed by atoms with E-state index in [9.17, 15) is 9.59 Å². The molecule has 162 valence electrons. The fourth-order valence-corrected chi connectivity index (χ4v) is 3.54. The first-order valence-electron chi connectivity index (χ1n) is 10.0. The van der Waals surface area contributed by atoms with E-state index in [1.165, 1.54) is 14.2 Å². The van der Waals surface area contributed by atoms with Gasteiger partial charge in [0, 0.05) is 30.9 Å². The monoisotopic (exact) mass is 429 g/mol. The lowest BCUT2D eigenvalue weighted by molar-refractivity contribution is -0.0756. The van der Waals surface area contributed by atoms with Crippen molar-refractivity contribution < 1.29 is 14.4 Å². The molecule has 2 aromatic heterocycles. The second-order valence-corrected chi connectivity index (χ2v) is 7.35. The lowest BCUT2D eigenvalue weighted by Crippen LogP contribution is -2.25. The van der Waals surface area contributed by atoms with E-state index in [2.05, 4.69) is 10.4 Å². The summed E-state index contributed by atoms with van der Waals surface area (Å²) in [5.74, 6) is -0.557. The Kier molecular flexibility index (Phi) is 5.70. The number of pyridine rings is 1. The average molecular weight is 429 g/mol. The number of benzene rings is 2. The molecule has 2 amide bonds. The summed E-state index contributed by atoms with van der Waals surface area (Å²) in [6.45, 7) is 1.86.